The summed E-state index contributed by atoms with van der Waals surface area (Å²) in [7, 11) is 0. The van der Waals surface area contributed by atoms with Gasteiger partial charge in [0.25, 0.3) is 0 Å². The van der Waals surface area contributed by atoms with E-state index in [2.05, 4.69) is 6.92 Å². The summed E-state index contributed by atoms with van der Waals surface area (Å²) in [4.78, 5) is 12.1. The fraction of sp³-hybridized carbons (Fsp3) is 0.364. The third-order valence-electron chi connectivity index (χ3n) is 2.41. The molecule has 2 nitrogen and oxygen atoms in total. The van der Waals surface area contributed by atoms with Gasteiger partial charge in [0.2, 0.25) is 0 Å². The van der Waals surface area contributed by atoms with Crippen LogP contribution in [0.25, 0.3) is 0 Å². The van der Waals surface area contributed by atoms with E-state index in [0.717, 1.165) is 22.6 Å². The maximum Gasteiger partial charge on any atom is 0.337 e. The molecule has 0 aromatic heterocycles. The van der Waals surface area contributed by atoms with Crippen LogP contribution in [0.2, 0.25) is 5.02 Å². The van der Waals surface area contributed by atoms with Crippen molar-refractivity contribution in [2.45, 2.75) is 22.8 Å². The Balaban J connectivity index is 2.32. The number of aromatic carboxylic acids is 1. The van der Waals surface area contributed by atoms with Gasteiger partial charge in [-0.2, -0.15) is 0 Å². The first-order chi connectivity index (χ1) is 7.63. The first-order valence-corrected chi connectivity index (χ1v) is 7.27. The lowest BCUT2D eigenvalue weighted by atomic mass is 10.1. The molecular formula is C11H11ClO2S2. The molecule has 1 aliphatic rings. The number of hydrogen-bond donors (Lipinski definition) is 1. The van der Waals surface area contributed by atoms with Gasteiger partial charge in [0.1, 0.15) is 0 Å². The highest BCUT2D eigenvalue weighted by Crippen LogP contribution is 2.45. The molecule has 2 rings (SSSR count). The molecule has 0 aliphatic carbocycles. The number of rotatable bonds is 3. The normalized spacial score (nSPS) is 18.5. The van der Waals surface area contributed by atoms with E-state index in [1.165, 1.54) is 0 Å². The van der Waals surface area contributed by atoms with Crippen LogP contribution in [0.1, 0.15) is 22.8 Å². The van der Waals surface area contributed by atoms with Gasteiger partial charge in [-0.25, -0.2) is 4.79 Å². The first kappa shape index (κ1) is 12.1. The van der Waals surface area contributed by atoms with Crippen LogP contribution in [0.3, 0.4) is 0 Å². The van der Waals surface area contributed by atoms with Crippen molar-refractivity contribution in [3.63, 3.8) is 0 Å². The summed E-state index contributed by atoms with van der Waals surface area (Å²) in [6.45, 7) is 2.12. The van der Waals surface area contributed by atoms with Crippen LogP contribution in [-0.4, -0.2) is 21.4 Å². The van der Waals surface area contributed by atoms with Crippen LogP contribution in [0, 0.1) is 0 Å². The van der Waals surface area contributed by atoms with Gasteiger partial charge < -0.3 is 5.11 Å². The Labute approximate surface area is 108 Å². The molecule has 0 radical (unpaired) electrons. The molecule has 0 fully saturated rings. The van der Waals surface area contributed by atoms with Gasteiger partial charge in [-0.15, -0.1) is 23.5 Å². The van der Waals surface area contributed by atoms with Gasteiger partial charge in [0.05, 0.1) is 15.2 Å². The molecule has 1 aromatic rings. The second kappa shape index (κ2) is 4.90. The number of hydrogen-bond acceptors (Lipinski definition) is 3. The molecule has 1 unspecified atom stereocenters. The average molecular weight is 275 g/mol. The number of thioether (sulfide) groups is 2. The Kier molecular flexibility index (Phi) is 3.72. The van der Waals surface area contributed by atoms with Crippen molar-refractivity contribution in [2.24, 2.45) is 0 Å². The number of carboxylic acids is 1. The second-order valence-corrected chi connectivity index (χ2v) is 6.82. The molecule has 1 aliphatic heterocycles. The molecule has 5 heteroatoms. The third-order valence-corrected chi connectivity index (χ3v) is 5.48. The van der Waals surface area contributed by atoms with Gasteiger partial charge in [-0.3, -0.25) is 0 Å². The Morgan fingerprint density at radius 1 is 1.69 bits per heavy atom. The topological polar surface area (TPSA) is 37.3 Å². The minimum absolute atomic E-state index is 0.211. The zero-order valence-electron chi connectivity index (χ0n) is 8.70. The number of carbonyl (C=O) groups is 1. The van der Waals surface area contributed by atoms with Crippen molar-refractivity contribution in [1.82, 2.24) is 0 Å². The quantitative estimate of drug-likeness (QED) is 0.911. The van der Waals surface area contributed by atoms with E-state index in [1.807, 2.05) is 17.8 Å². The van der Waals surface area contributed by atoms with E-state index in [1.54, 1.807) is 17.8 Å². The van der Waals surface area contributed by atoms with Gasteiger partial charge in [0.15, 0.2) is 0 Å². The standard InChI is InChI=1S/C11H11ClO2S2/c1-2-15-9-5-7-8(16-9)4-3-6(10(7)12)11(13)14/h3-4,9H,2,5H2,1H3,(H,13,14). The molecule has 0 bridgehead atoms. The number of fused-ring (bicyclic) bond motifs is 1. The molecule has 0 spiro atoms. The molecule has 1 aromatic carbocycles. The molecule has 0 saturated carbocycles. The lowest BCUT2D eigenvalue weighted by Gasteiger charge is -2.04. The Morgan fingerprint density at radius 3 is 3.06 bits per heavy atom. The largest absolute Gasteiger partial charge is 0.478 e. The molecule has 1 heterocycles. The summed E-state index contributed by atoms with van der Waals surface area (Å²) in [5.41, 5.74) is 1.21. The molecule has 1 N–H and O–H groups in total. The minimum atomic E-state index is -0.954. The number of carboxylic acid groups (broad SMARTS) is 1. The molecule has 16 heavy (non-hydrogen) atoms. The predicted octanol–water partition coefficient (Wildman–Crippen LogP) is 3.77. The summed E-state index contributed by atoms with van der Waals surface area (Å²) in [6.07, 6.45) is 0.860. The van der Waals surface area contributed by atoms with Crippen molar-refractivity contribution in [3.8, 4) is 0 Å². The lowest BCUT2D eigenvalue weighted by Crippen LogP contribution is -2.00. The summed E-state index contributed by atoms with van der Waals surface area (Å²) >= 11 is 9.77. The zero-order chi connectivity index (χ0) is 11.7. The van der Waals surface area contributed by atoms with Crippen molar-refractivity contribution in [3.05, 3.63) is 28.3 Å². The maximum absolute atomic E-state index is 10.9. The number of benzene rings is 1. The maximum atomic E-state index is 10.9. The Morgan fingerprint density at radius 2 is 2.44 bits per heavy atom. The van der Waals surface area contributed by atoms with Gasteiger partial charge in [0, 0.05) is 4.90 Å². The van der Waals surface area contributed by atoms with Crippen molar-refractivity contribution >= 4 is 41.1 Å². The van der Waals surface area contributed by atoms with Crippen molar-refractivity contribution < 1.29 is 9.90 Å². The predicted molar refractivity (Wildman–Crippen MR) is 69.9 cm³/mol. The Bertz CT molecular complexity index is 434. The van der Waals surface area contributed by atoms with E-state index < -0.39 is 5.97 Å². The smallest absolute Gasteiger partial charge is 0.337 e. The van der Waals surface area contributed by atoms with E-state index in [-0.39, 0.29) is 5.56 Å². The van der Waals surface area contributed by atoms with E-state index >= 15 is 0 Å². The minimum Gasteiger partial charge on any atom is -0.478 e. The number of halogens is 1. The van der Waals surface area contributed by atoms with Crippen LogP contribution in [0.15, 0.2) is 17.0 Å². The molecule has 86 valence electrons. The first-order valence-electron chi connectivity index (χ1n) is 4.96. The van der Waals surface area contributed by atoms with E-state index in [0.29, 0.717) is 9.60 Å². The third kappa shape index (κ3) is 2.19. The van der Waals surface area contributed by atoms with Crippen molar-refractivity contribution in [2.75, 3.05) is 5.75 Å². The molecule has 0 saturated heterocycles. The Hall–Kier alpha value is -0.320. The molecule has 1 atom stereocenters. The summed E-state index contributed by atoms with van der Waals surface area (Å²) in [6, 6.07) is 3.46. The highest BCUT2D eigenvalue weighted by atomic mass is 35.5. The summed E-state index contributed by atoms with van der Waals surface area (Å²) in [5.74, 6) is 0.110. The highest BCUT2D eigenvalue weighted by molar-refractivity contribution is 8.17. The van der Waals surface area contributed by atoms with Gasteiger partial charge in [-0.1, -0.05) is 18.5 Å². The highest BCUT2D eigenvalue weighted by Gasteiger charge is 2.26. The van der Waals surface area contributed by atoms with E-state index in [4.69, 9.17) is 16.7 Å². The van der Waals surface area contributed by atoms with Crippen LogP contribution >= 0.6 is 35.1 Å². The fourth-order valence-corrected chi connectivity index (χ4v) is 4.73. The van der Waals surface area contributed by atoms with Gasteiger partial charge >= 0.3 is 5.97 Å². The van der Waals surface area contributed by atoms with Crippen LogP contribution in [-0.2, 0) is 6.42 Å². The average Bonchev–Trinajstić information content (AvgIpc) is 2.62. The SMILES string of the molecule is CCSC1Cc2c(ccc(C(=O)O)c2Cl)S1. The van der Waals surface area contributed by atoms with E-state index in [9.17, 15) is 4.79 Å². The van der Waals surface area contributed by atoms with Crippen LogP contribution < -0.4 is 0 Å². The van der Waals surface area contributed by atoms with Crippen LogP contribution in [0.5, 0.6) is 0 Å². The van der Waals surface area contributed by atoms with Crippen LogP contribution in [0.4, 0.5) is 0 Å². The molecular weight excluding hydrogens is 264 g/mol. The second-order valence-electron chi connectivity index (χ2n) is 3.42. The van der Waals surface area contributed by atoms with Crippen molar-refractivity contribution in [1.29, 1.82) is 0 Å². The fourth-order valence-electron chi connectivity index (χ4n) is 1.70. The summed E-state index contributed by atoms with van der Waals surface area (Å²) in [5, 5.41) is 9.38. The molecule has 0 amide bonds. The lowest BCUT2D eigenvalue weighted by molar-refractivity contribution is 0.0697. The summed E-state index contributed by atoms with van der Waals surface area (Å²) < 4.78 is 0.474. The van der Waals surface area contributed by atoms with Gasteiger partial charge in [-0.05, 0) is 29.9 Å². The monoisotopic (exact) mass is 274 g/mol. The zero-order valence-corrected chi connectivity index (χ0v) is 11.1.